The van der Waals surface area contributed by atoms with Crippen LogP contribution in [-0.2, 0) is 20.1 Å². The summed E-state index contributed by atoms with van der Waals surface area (Å²) in [7, 11) is -2.80. The number of hydrogen-bond donors (Lipinski definition) is 2. The molecule has 2 N–H and O–H groups in total. The van der Waals surface area contributed by atoms with E-state index < -0.39 is 37.5 Å². The van der Waals surface area contributed by atoms with Gasteiger partial charge >= 0.3 is 10.1 Å². The average Bonchev–Trinajstić information content (AvgIpc) is 3.00. The van der Waals surface area contributed by atoms with E-state index in [2.05, 4.69) is 4.72 Å². The van der Waals surface area contributed by atoms with Gasteiger partial charge in [-0.1, -0.05) is 23.8 Å². The summed E-state index contributed by atoms with van der Waals surface area (Å²) in [6, 6.07) is 14.9. The monoisotopic (exact) mass is 664 g/mol. The minimum absolute atomic E-state index is 0.0145. The molecule has 15 heteroatoms. The number of halogens is 1. The van der Waals surface area contributed by atoms with Crippen LogP contribution < -0.4 is 33.0 Å². The molecule has 4 rings (SSSR count). The fraction of sp³-hybridized carbons (Fsp3) is 0.200. The Morgan fingerprint density at radius 3 is 1.80 bits per heavy atom. The molecule has 4 aromatic rings. The van der Waals surface area contributed by atoms with Crippen molar-refractivity contribution in [3.05, 3.63) is 83.7 Å². The molecule has 0 fully saturated rings. The summed E-state index contributed by atoms with van der Waals surface area (Å²) in [4.78, 5) is -0.305. The summed E-state index contributed by atoms with van der Waals surface area (Å²) >= 11 is 0. The number of ether oxygens (including phenoxy) is 4. The van der Waals surface area contributed by atoms with E-state index in [1.165, 1.54) is 83.9 Å². The fourth-order valence-electron chi connectivity index (χ4n) is 3.63. The van der Waals surface area contributed by atoms with Crippen LogP contribution in [0.1, 0.15) is 11.1 Å². The van der Waals surface area contributed by atoms with E-state index in [0.717, 1.165) is 11.6 Å². The normalized spacial score (nSPS) is 11.1. The van der Waals surface area contributed by atoms with Crippen LogP contribution in [0.4, 0.5) is 10.1 Å². The molecule has 0 unspecified atom stereocenters. The van der Waals surface area contributed by atoms with Gasteiger partial charge in [-0.05, 0) is 49.4 Å². The summed E-state index contributed by atoms with van der Waals surface area (Å²) in [5.41, 5.74) is 0.989. The van der Waals surface area contributed by atoms with Crippen molar-refractivity contribution in [2.75, 3.05) is 33.2 Å². The second kappa shape index (κ2) is 14.3. The predicted molar refractivity (Wildman–Crippen MR) is 161 cm³/mol. The first kappa shape index (κ1) is 34.6. The van der Waals surface area contributed by atoms with Crippen LogP contribution >= 0.6 is 0 Å². The van der Waals surface area contributed by atoms with Crippen molar-refractivity contribution < 1.29 is 54.6 Å². The van der Waals surface area contributed by atoms with Crippen LogP contribution in [0.3, 0.4) is 0 Å². The lowest BCUT2D eigenvalue weighted by Gasteiger charge is -2.20. The van der Waals surface area contributed by atoms with Gasteiger partial charge in [0.2, 0.25) is 5.75 Å². The number of phenols is 1. The lowest BCUT2D eigenvalue weighted by atomic mass is 10.2. The molecule has 0 heterocycles. The first-order valence-corrected chi connectivity index (χ1v) is 15.7. The molecule has 0 amide bonds. The Morgan fingerprint density at radius 2 is 1.24 bits per heavy atom. The number of rotatable bonds is 10. The highest BCUT2D eigenvalue weighted by Gasteiger charge is 2.22. The van der Waals surface area contributed by atoms with Gasteiger partial charge in [-0.15, -0.1) is 0 Å². The summed E-state index contributed by atoms with van der Waals surface area (Å²) in [5, 5.41) is 22.1. The zero-order chi connectivity index (χ0) is 33.5. The van der Waals surface area contributed by atoms with Gasteiger partial charge in [0.05, 0.1) is 33.3 Å². The van der Waals surface area contributed by atoms with Crippen molar-refractivity contribution in [1.29, 1.82) is 0 Å². The molecule has 0 spiro atoms. The quantitative estimate of drug-likeness (QED) is 0.229. The molecule has 12 nitrogen and oxygen atoms in total. The van der Waals surface area contributed by atoms with E-state index in [4.69, 9.17) is 23.1 Å². The summed E-state index contributed by atoms with van der Waals surface area (Å²) in [6.07, 6.45) is 0. The Hall–Kier alpha value is -4.89. The molecule has 0 aliphatic carbocycles. The number of methoxy groups -OCH3 is 4. The minimum atomic E-state index is -4.13. The molecule has 0 aliphatic heterocycles. The van der Waals surface area contributed by atoms with E-state index in [-0.39, 0.29) is 38.5 Å². The maximum Gasteiger partial charge on any atom is 0.339 e. The van der Waals surface area contributed by atoms with Gasteiger partial charge in [0.25, 0.3) is 10.0 Å². The Labute approximate surface area is 260 Å². The van der Waals surface area contributed by atoms with Crippen LogP contribution in [0.2, 0.25) is 0 Å². The number of nitrogens with one attached hydrogen (secondary N) is 1. The van der Waals surface area contributed by atoms with E-state index >= 15 is 0 Å². The number of benzene rings is 4. The van der Waals surface area contributed by atoms with E-state index in [9.17, 15) is 31.4 Å². The number of aryl methyl sites for hydroxylation is 2. The van der Waals surface area contributed by atoms with Crippen LogP contribution in [-0.4, -0.2) is 50.4 Å². The topological polar surface area (TPSA) is 170 Å². The van der Waals surface area contributed by atoms with Gasteiger partial charge in [0.1, 0.15) is 28.0 Å². The Balaban J connectivity index is 0.000000246. The number of hydrogen-bond acceptors (Lipinski definition) is 11. The van der Waals surface area contributed by atoms with Gasteiger partial charge < -0.3 is 33.3 Å². The van der Waals surface area contributed by atoms with Gasteiger partial charge in [0.15, 0.2) is 11.5 Å². The highest BCUT2D eigenvalue weighted by atomic mass is 32.2. The second-order valence-corrected chi connectivity index (χ2v) is 12.5. The van der Waals surface area contributed by atoms with Crippen molar-refractivity contribution in [3.63, 3.8) is 0 Å². The third-order valence-corrected chi connectivity index (χ3v) is 8.77. The third-order valence-electron chi connectivity index (χ3n) is 6.16. The lowest BCUT2D eigenvalue weighted by Crippen LogP contribution is -2.15. The number of phenolic OH excluding ortho intramolecular Hbond substituents is 1. The molecule has 0 saturated heterocycles. The van der Waals surface area contributed by atoms with Gasteiger partial charge in [-0.25, -0.2) is 12.8 Å². The van der Waals surface area contributed by atoms with Gasteiger partial charge in [-0.3, -0.25) is 4.72 Å². The van der Waals surface area contributed by atoms with Crippen LogP contribution in [0, 0.1) is 19.7 Å². The SMILES string of the molecule is COc1cc(NS(=O)(=O)c2ccc(C)c(F)c2)c([O-])c(OC)c1.COc1cc(OC)c(O)c(OS(=O)(=O)c2ccc(C)cc2)c1. The summed E-state index contributed by atoms with van der Waals surface area (Å²) < 4.78 is 89.7. The maximum absolute atomic E-state index is 13.6. The number of aromatic hydroxyl groups is 1. The molecule has 0 aliphatic rings. The number of sulfonamides is 1. The minimum Gasteiger partial charge on any atom is -0.869 e. The van der Waals surface area contributed by atoms with Crippen LogP contribution in [0.5, 0.6) is 40.2 Å². The average molecular weight is 665 g/mol. The fourth-order valence-corrected chi connectivity index (χ4v) is 5.63. The molecule has 0 bridgehead atoms. The largest absolute Gasteiger partial charge is 0.869 e. The Kier molecular flexibility index (Phi) is 11.0. The molecule has 45 heavy (non-hydrogen) atoms. The molecule has 0 radical (unpaired) electrons. The van der Waals surface area contributed by atoms with Crippen molar-refractivity contribution >= 4 is 25.8 Å². The van der Waals surface area contributed by atoms with E-state index in [0.29, 0.717) is 11.3 Å². The molecule has 242 valence electrons. The molecule has 0 saturated carbocycles. The molecule has 0 aromatic heterocycles. The maximum atomic E-state index is 13.6. The first-order valence-electron chi connectivity index (χ1n) is 12.8. The molecule has 0 atom stereocenters. The van der Waals surface area contributed by atoms with E-state index in [1.807, 2.05) is 6.92 Å². The summed E-state index contributed by atoms with van der Waals surface area (Å²) in [5.74, 6) is -1.47. The predicted octanol–water partition coefficient (Wildman–Crippen LogP) is 4.51. The molecular weight excluding hydrogens is 633 g/mol. The Morgan fingerprint density at radius 1 is 0.711 bits per heavy atom. The number of anilines is 1. The highest BCUT2D eigenvalue weighted by Crippen LogP contribution is 2.41. The smallest absolute Gasteiger partial charge is 0.339 e. The molecule has 4 aromatic carbocycles. The van der Waals surface area contributed by atoms with Crippen molar-refractivity contribution in [1.82, 2.24) is 0 Å². The zero-order valence-corrected chi connectivity index (χ0v) is 26.7. The van der Waals surface area contributed by atoms with E-state index in [1.54, 1.807) is 12.1 Å². The van der Waals surface area contributed by atoms with Crippen molar-refractivity contribution in [3.8, 4) is 40.2 Å². The lowest BCUT2D eigenvalue weighted by molar-refractivity contribution is -0.268. The molecular formula is C30H31FNO11S2-. The first-order chi connectivity index (χ1) is 21.1. The second-order valence-electron chi connectivity index (χ2n) is 9.25. The highest BCUT2D eigenvalue weighted by molar-refractivity contribution is 7.92. The summed E-state index contributed by atoms with van der Waals surface area (Å²) in [6.45, 7) is 3.36. The van der Waals surface area contributed by atoms with Gasteiger partial charge in [0, 0.05) is 30.0 Å². The van der Waals surface area contributed by atoms with Crippen LogP contribution in [0.25, 0.3) is 0 Å². The van der Waals surface area contributed by atoms with Crippen molar-refractivity contribution in [2.45, 2.75) is 23.6 Å². The van der Waals surface area contributed by atoms with Gasteiger partial charge in [-0.2, -0.15) is 8.42 Å². The third kappa shape index (κ3) is 8.39. The zero-order valence-electron chi connectivity index (χ0n) is 25.1. The van der Waals surface area contributed by atoms with Crippen molar-refractivity contribution in [2.24, 2.45) is 0 Å². The standard InChI is InChI=1S/C15H16FNO5S.C15H16O6S/c1-9-4-5-11(8-12(9)16)23(19,20)17-13-6-10(21-2)7-14(22-3)15(13)18;1-10-4-6-12(7-5-10)22(17,18)21-14-9-11(19-2)8-13(20-3)15(14)16/h4-8,17-18H,1-3H3;4-9,16H,1-3H3/p-1. The van der Waals surface area contributed by atoms with Crippen LogP contribution in [0.15, 0.2) is 76.5 Å². The Bertz CT molecular complexity index is 1880.